The molecule has 0 bridgehead atoms. The van der Waals surface area contributed by atoms with Gasteiger partial charge in [-0.3, -0.25) is 4.79 Å². The lowest BCUT2D eigenvalue weighted by molar-refractivity contribution is -0.131. The van der Waals surface area contributed by atoms with Crippen LogP contribution in [-0.4, -0.2) is 38.4 Å². The molecule has 1 fully saturated rings. The zero-order chi connectivity index (χ0) is 15.5. The van der Waals surface area contributed by atoms with Crippen molar-refractivity contribution >= 4 is 15.9 Å². The Morgan fingerprint density at radius 2 is 2.05 bits per heavy atom. The SMILES string of the molecule is CC(NS(=O)(=O)c1cccc(CN)c1)C(=O)N1CCCC1. The van der Waals surface area contributed by atoms with Crippen LogP contribution < -0.4 is 10.5 Å². The van der Waals surface area contributed by atoms with Gasteiger partial charge in [0.1, 0.15) is 0 Å². The zero-order valence-electron chi connectivity index (χ0n) is 12.1. The topological polar surface area (TPSA) is 92.5 Å². The van der Waals surface area contributed by atoms with E-state index in [4.69, 9.17) is 5.73 Å². The zero-order valence-corrected chi connectivity index (χ0v) is 12.9. The van der Waals surface area contributed by atoms with Gasteiger partial charge in [-0.2, -0.15) is 4.72 Å². The van der Waals surface area contributed by atoms with E-state index in [-0.39, 0.29) is 17.3 Å². The van der Waals surface area contributed by atoms with Gasteiger partial charge in [-0.1, -0.05) is 12.1 Å². The van der Waals surface area contributed by atoms with Crippen LogP contribution in [0.15, 0.2) is 29.2 Å². The number of sulfonamides is 1. The number of nitrogens with two attached hydrogens (primary N) is 1. The molecule has 1 aliphatic heterocycles. The second-order valence-corrected chi connectivity index (χ2v) is 6.94. The highest BCUT2D eigenvalue weighted by Crippen LogP contribution is 2.13. The molecule has 1 amide bonds. The number of hydrogen-bond donors (Lipinski definition) is 2. The van der Waals surface area contributed by atoms with Crippen LogP contribution in [0.25, 0.3) is 0 Å². The van der Waals surface area contributed by atoms with Crippen molar-refractivity contribution in [3.05, 3.63) is 29.8 Å². The quantitative estimate of drug-likeness (QED) is 0.825. The molecule has 1 unspecified atom stereocenters. The maximum Gasteiger partial charge on any atom is 0.241 e. The summed E-state index contributed by atoms with van der Waals surface area (Å²) in [5, 5.41) is 0. The number of rotatable bonds is 5. The second kappa shape index (κ2) is 6.55. The Morgan fingerprint density at radius 1 is 1.38 bits per heavy atom. The van der Waals surface area contributed by atoms with E-state index in [0.717, 1.165) is 18.4 Å². The maximum atomic E-state index is 12.3. The fraction of sp³-hybridized carbons (Fsp3) is 0.500. The molecular formula is C14H21N3O3S. The van der Waals surface area contributed by atoms with Crippen molar-refractivity contribution in [3.63, 3.8) is 0 Å². The minimum Gasteiger partial charge on any atom is -0.341 e. The number of carbonyl (C=O) groups excluding carboxylic acids is 1. The Morgan fingerprint density at radius 3 is 2.67 bits per heavy atom. The summed E-state index contributed by atoms with van der Waals surface area (Å²) in [5.74, 6) is -0.175. The van der Waals surface area contributed by atoms with Crippen LogP contribution in [0, 0.1) is 0 Å². The number of nitrogens with zero attached hydrogens (tertiary/aromatic N) is 1. The summed E-state index contributed by atoms with van der Waals surface area (Å²) in [6, 6.07) is 5.65. The predicted molar refractivity (Wildman–Crippen MR) is 79.9 cm³/mol. The third-order valence-corrected chi connectivity index (χ3v) is 5.10. The lowest BCUT2D eigenvalue weighted by Crippen LogP contribution is -2.45. The second-order valence-electron chi connectivity index (χ2n) is 5.23. The molecule has 6 nitrogen and oxygen atoms in total. The molecule has 0 radical (unpaired) electrons. The Hall–Kier alpha value is -1.44. The van der Waals surface area contributed by atoms with Crippen LogP contribution in [0.5, 0.6) is 0 Å². The van der Waals surface area contributed by atoms with Crippen molar-refractivity contribution in [1.29, 1.82) is 0 Å². The first-order valence-corrected chi connectivity index (χ1v) is 8.52. The molecule has 1 aliphatic rings. The highest BCUT2D eigenvalue weighted by Gasteiger charge is 2.27. The molecule has 1 aromatic rings. The molecule has 3 N–H and O–H groups in total. The molecule has 7 heteroatoms. The van der Waals surface area contributed by atoms with Gasteiger partial charge in [-0.05, 0) is 37.5 Å². The summed E-state index contributed by atoms with van der Waals surface area (Å²) in [4.78, 5) is 14.0. The van der Waals surface area contributed by atoms with Gasteiger partial charge < -0.3 is 10.6 Å². The number of likely N-dealkylation sites (tertiary alicyclic amines) is 1. The Labute approximate surface area is 125 Å². The number of benzene rings is 1. The fourth-order valence-corrected chi connectivity index (χ4v) is 3.67. The summed E-state index contributed by atoms with van der Waals surface area (Å²) < 4.78 is 27.1. The van der Waals surface area contributed by atoms with E-state index in [9.17, 15) is 13.2 Å². The van der Waals surface area contributed by atoms with Gasteiger partial charge in [-0.15, -0.1) is 0 Å². The van der Waals surface area contributed by atoms with E-state index < -0.39 is 16.1 Å². The monoisotopic (exact) mass is 311 g/mol. The van der Waals surface area contributed by atoms with Crippen molar-refractivity contribution in [3.8, 4) is 0 Å². The highest BCUT2D eigenvalue weighted by atomic mass is 32.2. The summed E-state index contributed by atoms with van der Waals surface area (Å²) in [6.45, 7) is 3.25. The number of nitrogens with one attached hydrogen (secondary N) is 1. The molecule has 0 aromatic heterocycles. The van der Waals surface area contributed by atoms with Crippen molar-refractivity contribution in [1.82, 2.24) is 9.62 Å². The lowest BCUT2D eigenvalue weighted by Gasteiger charge is -2.21. The molecule has 1 atom stereocenters. The standard InChI is InChI=1S/C14H21N3O3S/c1-11(14(18)17-7-2-3-8-17)16-21(19,20)13-6-4-5-12(9-13)10-15/h4-6,9,11,16H,2-3,7-8,10,15H2,1H3. The van der Waals surface area contributed by atoms with Gasteiger partial charge in [-0.25, -0.2) is 8.42 Å². The van der Waals surface area contributed by atoms with Crippen molar-refractivity contribution < 1.29 is 13.2 Å². The molecule has 0 saturated carbocycles. The van der Waals surface area contributed by atoms with Crippen molar-refractivity contribution in [2.45, 2.75) is 37.2 Å². The number of amides is 1. The van der Waals surface area contributed by atoms with E-state index >= 15 is 0 Å². The van der Waals surface area contributed by atoms with Crippen LogP contribution in [-0.2, 0) is 21.4 Å². The van der Waals surface area contributed by atoms with Crippen LogP contribution >= 0.6 is 0 Å². The Kier molecular flexibility index (Phi) is 4.97. The van der Waals surface area contributed by atoms with Crippen LogP contribution in [0.2, 0.25) is 0 Å². The minimum atomic E-state index is -3.72. The van der Waals surface area contributed by atoms with Crippen LogP contribution in [0.4, 0.5) is 0 Å². The largest absolute Gasteiger partial charge is 0.341 e. The third-order valence-electron chi connectivity index (χ3n) is 3.56. The minimum absolute atomic E-state index is 0.131. The summed E-state index contributed by atoms with van der Waals surface area (Å²) >= 11 is 0. The molecule has 21 heavy (non-hydrogen) atoms. The lowest BCUT2D eigenvalue weighted by atomic mass is 10.2. The molecule has 2 rings (SSSR count). The Balaban J connectivity index is 2.10. The van der Waals surface area contributed by atoms with Gasteiger partial charge in [0.2, 0.25) is 15.9 Å². The fourth-order valence-electron chi connectivity index (χ4n) is 2.40. The van der Waals surface area contributed by atoms with Gasteiger partial charge in [0.25, 0.3) is 0 Å². The average molecular weight is 311 g/mol. The molecule has 1 heterocycles. The van der Waals surface area contributed by atoms with Crippen molar-refractivity contribution in [2.24, 2.45) is 5.73 Å². The van der Waals surface area contributed by atoms with E-state index in [1.807, 2.05) is 0 Å². The molecule has 1 aromatic carbocycles. The summed E-state index contributed by atoms with van der Waals surface area (Å²) in [5.41, 5.74) is 6.25. The number of carbonyl (C=O) groups is 1. The predicted octanol–water partition coefficient (Wildman–Crippen LogP) is 0.435. The van der Waals surface area contributed by atoms with Crippen molar-refractivity contribution in [2.75, 3.05) is 13.1 Å². The first kappa shape index (κ1) is 15.9. The third kappa shape index (κ3) is 3.81. The van der Waals surface area contributed by atoms with E-state index in [0.29, 0.717) is 13.1 Å². The molecule has 116 valence electrons. The summed E-state index contributed by atoms with van der Waals surface area (Å²) in [7, 11) is -3.72. The number of hydrogen-bond acceptors (Lipinski definition) is 4. The molecule has 1 saturated heterocycles. The van der Waals surface area contributed by atoms with Gasteiger partial charge in [0.05, 0.1) is 10.9 Å². The van der Waals surface area contributed by atoms with Gasteiger partial charge >= 0.3 is 0 Å². The van der Waals surface area contributed by atoms with E-state index in [1.54, 1.807) is 24.0 Å². The van der Waals surface area contributed by atoms with Gasteiger partial charge in [0.15, 0.2) is 0 Å². The molecular weight excluding hydrogens is 290 g/mol. The van der Waals surface area contributed by atoms with Gasteiger partial charge in [0, 0.05) is 19.6 Å². The first-order valence-electron chi connectivity index (χ1n) is 7.04. The normalized spacial score (nSPS) is 17.0. The average Bonchev–Trinajstić information content (AvgIpc) is 3.00. The first-order chi connectivity index (χ1) is 9.94. The smallest absolute Gasteiger partial charge is 0.241 e. The molecule has 0 aliphatic carbocycles. The van der Waals surface area contributed by atoms with E-state index in [2.05, 4.69) is 4.72 Å². The highest BCUT2D eigenvalue weighted by molar-refractivity contribution is 7.89. The van der Waals surface area contributed by atoms with E-state index in [1.165, 1.54) is 12.1 Å². The summed E-state index contributed by atoms with van der Waals surface area (Å²) in [6.07, 6.45) is 1.95. The van der Waals surface area contributed by atoms with Crippen LogP contribution in [0.1, 0.15) is 25.3 Å². The van der Waals surface area contributed by atoms with Crippen LogP contribution in [0.3, 0.4) is 0 Å². The maximum absolute atomic E-state index is 12.3. The molecule has 0 spiro atoms. The Bertz CT molecular complexity index is 610.